The van der Waals surface area contributed by atoms with Crippen molar-refractivity contribution >= 4 is 28.6 Å². The summed E-state index contributed by atoms with van der Waals surface area (Å²) in [5.74, 6) is 1.27. The lowest BCUT2D eigenvalue weighted by atomic mass is 10.2. The van der Waals surface area contributed by atoms with Crippen LogP contribution in [-0.4, -0.2) is 43.0 Å². The predicted molar refractivity (Wildman–Crippen MR) is 131 cm³/mol. The maximum Gasteiger partial charge on any atom is 0.273 e. The maximum atomic E-state index is 12.6. The molecule has 1 aromatic heterocycles. The smallest absolute Gasteiger partial charge is 0.273 e. The van der Waals surface area contributed by atoms with Crippen LogP contribution >= 0.6 is 11.3 Å². The summed E-state index contributed by atoms with van der Waals surface area (Å²) < 4.78 is 16.6. The lowest BCUT2D eigenvalue weighted by molar-refractivity contribution is -0.384. The highest BCUT2D eigenvalue weighted by Crippen LogP contribution is 2.30. The molecule has 0 atom stereocenters. The van der Waals surface area contributed by atoms with Crippen LogP contribution in [0.2, 0.25) is 0 Å². The van der Waals surface area contributed by atoms with Gasteiger partial charge in [-0.2, -0.15) is 0 Å². The molecule has 1 amide bonds. The van der Waals surface area contributed by atoms with Crippen LogP contribution in [0, 0.1) is 10.1 Å². The number of thiophene rings is 1. The number of carbonyl (C=O) groups is 1. The van der Waals surface area contributed by atoms with Gasteiger partial charge in [0.2, 0.25) is 5.91 Å². The zero-order valence-corrected chi connectivity index (χ0v) is 20.1. The van der Waals surface area contributed by atoms with Gasteiger partial charge in [0, 0.05) is 17.5 Å². The Bertz CT molecular complexity index is 1120. The Morgan fingerprint density at radius 3 is 2.53 bits per heavy atom. The van der Waals surface area contributed by atoms with E-state index in [9.17, 15) is 14.9 Å². The minimum atomic E-state index is -0.514. The van der Waals surface area contributed by atoms with Gasteiger partial charge >= 0.3 is 0 Å². The highest BCUT2D eigenvalue weighted by molar-refractivity contribution is 7.09. The van der Waals surface area contributed by atoms with Crippen molar-refractivity contribution in [3.8, 4) is 17.2 Å². The summed E-state index contributed by atoms with van der Waals surface area (Å²) in [6.07, 6.45) is 0. The molecule has 0 saturated carbocycles. The van der Waals surface area contributed by atoms with E-state index in [1.165, 1.54) is 25.3 Å². The number of hydrogen-bond donors (Lipinski definition) is 1. The number of non-ortho nitro benzene ring substituents is 1. The summed E-state index contributed by atoms with van der Waals surface area (Å²) in [6, 6.07) is 13.8. The molecule has 1 heterocycles. The SMILES string of the molecule is CCN(CC(=O)Nc1ccc([N+](=O)[O-])cc1OC)Cc1ccc(OCc2cccs2)c(OC)c1. The monoisotopic (exact) mass is 485 g/mol. The van der Waals surface area contributed by atoms with Gasteiger partial charge in [0.15, 0.2) is 11.5 Å². The van der Waals surface area contributed by atoms with Gasteiger partial charge in [-0.3, -0.25) is 19.8 Å². The van der Waals surface area contributed by atoms with Crippen LogP contribution in [0.5, 0.6) is 17.2 Å². The molecule has 9 nitrogen and oxygen atoms in total. The molecule has 0 saturated heterocycles. The van der Waals surface area contributed by atoms with E-state index in [1.807, 2.05) is 47.5 Å². The third kappa shape index (κ3) is 6.69. The molecule has 10 heteroatoms. The minimum Gasteiger partial charge on any atom is -0.494 e. The quantitative estimate of drug-likeness (QED) is 0.293. The molecular weight excluding hydrogens is 458 g/mol. The van der Waals surface area contributed by atoms with E-state index in [1.54, 1.807) is 18.4 Å². The summed E-state index contributed by atoms with van der Waals surface area (Å²) in [7, 11) is 2.99. The lowest BCUT2D eigenvalue weighted by Crippen LogP contribution is -2.32. The first kappa shape index (κ1) is 25.0. The highest BCUT2D eigenvalue weighted by Gasteiger charge is 2.16. The van der Waals surface area contributed by atoms with E-state index < -0.39 is 4.92 Å². The first-order valence-corrected chi connectivity index (χ1v) is 11.5. The number of anilines is 1. The Morgan fingerprint density at radius 2 is 1.88 bits per heavy atom. The lowest BCUT2D eigenvalue weighted by Gasteiger charge is -2.21. The number of nitrogens with one attached hydrogen (secondary N) is 1. The fourth-order valence-corrected chi connectivity index (χ4v) is 3.92. The van der Waals surface area contributed by atoms with Crippen molar-refractivity contribution in [2.45, 2.75) is 20.1 Å². The van der Waals surface area contributed by atoms with Gasteiger partial charge in [0.25, 0.3) is 5.69 Å². The Morgan fingerprint density at radius 1 is 1.09 bits per heavy atom. The van der Waals surface area contributed by atoms with Crippen molar-refractivity contribution in [3.05, 3.63) is 74.5 Å². The second-order valence-corrected chi connectivity index (χ2v) is 8.38. The zero-order chi connectivity index (χ0) is 24.5. The van der Waals surface area contributed by atoms with Crippen molar-refractivity contribution < 1.29 is 23.9 Å². The van der Waals surface area contributed by atoms with Gasteiger partial charge < -0.3 is 19.5 Å². The third-order valence-electron chi connectivity index (χ3n) is 5.07. The summed E-state index contributed by atoms with van der Waals surface area (Å²) in [6.45, 7) is 3.75. The average molecular weight is 486 g/mol. The van der Waals surface area contributed by atoms with Crippen molar-refractivity contribution in [1.29, 1.82) is 0 Å². The van der Waals surface area contributed by atoms with E-state index in [0.717, 1.165) is 10.4 Å². The van der Waals surface area contributed by atoms with E-state index >= 15 is 0 Å². The molecule has 1 N–H and O–H groups in total. The van der Waals surface area contributed by atoms with Crippen molar-refractivity contribution in [2.75, 3.05) is 32.6 Å². The number of nitro groups is 1. The molecular formula is C24H27N3O6S. The van der Waals surface area contributed by atoms with Gasteiger partial charge in [-0.25, -0.2) is 0 Å². The van der Waals surface area contributed by atoms with Crippen LogP contribution in [0.25, 0.3) is 0 Å². The van der Waals surface area contributed by atoms with Crippen LogP contribution in [0.1, 0.15) is 17.4 Å². The molecule has 0 unspecified atom stereocenters. The molecule has 2 aromatic carbocycles. The fraction of sp³-hybridized carbons (Fsp3) is 0.292. The van der Waals surface area contributed by atoms with E-state index in [-0.39, 0.29) is 23.9 Å². The maximum absolute atomic E-state index is 12.6. The first-order chi connectivity index (χ1) is 16.4. The Hall–Kier alpha value is -3.63. The van der Waals surface area contributed by atoms with Crippen LogP contribution in [0.4, 0.5) is 11.4 Å². The molecule has 0 aliphatic carbocycles. The Kier molecular flexibility index (Phi) is 8.83. The molecule has 180 valence electrons. The number of methoxy groups -OCH3 is 2. The zero-order valence-electron chi connectivity index (χ0n) is 19.3. The molecule has 0 aliphatic rings. The van der Waals surface area contributed by atoms with E-state index in [2.05, 4.69) is 5.32 Å². The summed E-state index contributed by atoms with van der Waals surface area (Å²) in [5.41, 5.74) is 1.24. The van der Waals surface area contributed by atoms with Crippen LogP contribution < -0.4 is 19.5 Å². The second-order valence-electron chi connectivity index (χ2n) is 7.35. The van der Waals surface area contributed by atoms with E-state index in [0.29, 0.717) is 36.9 Å². The topological polar surface area (TPSA) is 103 Å². The van der Waals surface area contributed by atoms with Gasteiger partial charge in [0.05, 0.1) is 37.4 Å². The number of rotatable bonds is 12. The second kappa shape index (κ2) is 12.0. The van der Waals surface area contributed by atoms with Crippen LogP contribution in [-0.2, 0) is 17.9 Å². The molecule has 3 aromatic rings. The normalized spacial score (nSPS) is 10.7. The summed E-state index contributed by atoms with van der Waals surface area (Å²) >= 11 is 1.63. The van der Waals surface area contributed by atoms with Crippen molar-refractivity contribution in [2.24, 2.45) is 0 Å². The highest BCUT2D eigenvalue weighted by atomic mass is 32.1. The third-order valence-corrected chi connectivity index (χ3v) is 5.92. The van der Waals surface area contributed by atoms with Crippen LogP contribution in [0.3, 0.4) is 0 Å². The van der Waals surface area contributed by atoms with Gasteiger partial charge in [-0.05, 0) is 41.8 Å². The number of carbonyl (C=O) groups excluding carboxylic acids is 1. The number of nitro benzene ring substituents is 1. The number of benzene rings is 2. The molecule has 0 radical (unpaired) electrons. The largest absolute Gasteiger partial charge is 0.494 e. The van der Waals surface area contributed by atoms with Crippen LogP contribution in [0.15, 0.2) is 53.9 Å². The number of hydrogen-bond acceptors (Lipinski definition) is 8. The standard InChI is InChI=1S/C24H27N3O6S/c1-4-26(15-24(28)25-20-9-8-18(27(29)30)13-22(20)31-2)14-17-7-10-21(23(12-17)32-3)33-16-19-6-5-11-34-19/h5-13H,4,14-16H2,1-3H3,(H,25,28). The molecule has 34 heavy (non-hydrogen) atoms. The number of amides is 1. The minimum absolute atomic E-state index is 0.109. The summed E-state index contributed by atoms with van der Waals surface area (Å²) in [5, 5.41) is 15.7. The van der Waals surface area contributed by atoms with Gasteiger partial charge in [-0.15, -0.1) is 11.3 Å². The fourth-order valence-electron chi connectivity index (χ4n) is 3.30. The van der Waals surface area contributed by atoms with Crippen molar-refractivity contribution in [1.82, 2.24) is 4.90 Å². The van der Waals surface area contributed by atoms with Crippen molar-refractivity contribution in [3.63, 3.8) is 0 Å². The van der Waals surface area contributed by atoms with E-state index in [4.69, 9.17) is 14.2 Å². The first-order valence-electron chi connectivity index (χ1n) is 10.6. The molecule has 3 rings (SSSR count). The molecule has 0 spiro atoms. The number of nitrogens with zero attached hydrogens (tertiary/aromatic N) is 2. The number of ether oxygens (including phenoxy) is 3. The Balaban J connectivity index is 1.62. The van der Waals surface area contributed by atoms with Gasteiger partial charge in [0.1, 0.15) is 12.4 Å². The Labute approximate surface area is 202 Å². The average Bonchev–Trinajstić information content (AvgIpc) is 3.36. The predicted octanol–water partition coefficient (Wildman–Crippen LogP) is 4.71. The van der Waals surface area contributed by atoms with Gasteiger partial charge in [-0.1, -0.05) is 19.1 Å². The molecule has 0 aliphatic heterocycles. The molecule has 0 fully saturated rings. The summed E-state index contributed by atoms with van der Waals surface area (Å²) in [4.78, 5) is 26.2. The molecule has 0 bridgehead atoms. The number of likely N-dealkylation sites (N-methyl/N-ethyl adjacent to an activating group) is 1.